The van der Waals surface area contributed by atoms with Crippen molar-refractivity contribution in [1.29, 1.82) is 0 Å². The van der Waals surface area contributed by atoms with Gasteiger partial charge in [-0.1, -0.05) is 24.3 Å². The number of aryl methyl sites for hydroxylation is 1. The summed E-state index contributed by atoms with van der Waals surface area (Å²) in [7, 11) is 0. The third-order valence-electron chi connectivity index (χ3n) is 1.90. The molecule has 74 valence electrons. The van der Waals surface area contributed by atoms with E-state index in [0.29, 0.717) is 0 Å². The van der Waals surface area contributed by atoms with E-state index < -0.39 is 0 Å². The van der Waals surface area contributed by atoms with Crippen LogP contribution in [-0.4, -0.2) is 15.2 Å². The van der Waals surface area contributed by atoms with Crippen LogP contribution in [-0.2, 0) is 0 Å². The van der Waals surface area contributed by atoms with Crippen molar-refractivity contribution in [2.45, 2.75) is 6.92 Å². The molecule has 0 atom stereocenters. The molecule has 0 unspecified atom stereocenters. The highest BCUT2D eigenvalue weighted by atomic mass is 35.5. The average Bonchev–Trinajstić information content (AvgIpc) is 2.53. The van der Waals surface area contributed by atoms with Gasteiger partial charge in [-0.25, -0.2) is 0 Å². The van der Waals surface area contributed by atoms with Crippen molar-refractivity contribution >= 4 is 18.4 Å². The zero-order chi connectivity index (χ0) is 9.26. The second-order valence-corrected chi connectivity index (χ2v) is 2.86. The van der Waals surface area contributed by atoms with Crippen LogP contribution in [0.4, 0.5) is 5.95 Å². The van der Waals surface area contributed by atoms with Crippen molar-refractivity contribution in [2.24, 2.45) is 0 Å². The molecular weight excluding hydrogens is 200 g/mol. The van der Waals surface area contributed by atoms with Crippen molar-refractivity contribution in [1.82, 2.24) is 15.2 Å². The van der Waals surface area contributed by atoms with E-state index in [1.54, 1.807) is 0 Å². The largest absolute Gasteiger partial charge is 0.366 e. The van der Waals surface area contributed by atoms with Crippen LogP contribution in [0.2, 0.25) is 0 Å². The van der Waals surface area contributed by atoms with Gasteiger partial charge in [0, 0.05) is 5.56 Å². The zero-order valence-electron chi connectivity index (χ0n) is 7.69. The number of H-pyrrole nitrogens is 1. The van der Waals surface area contributed by atoms with Crippen LogP contribution in [0.5, 0.6) is 0 Å². The van der Waals surface area contributed by atoms with Crippen LogP contribution in [0, 0.1) is 6.92 Å². The molecule has 0 aliphatic carbocycles. The molecule has 0 saturated carbocycles. The highest BCUT2D eigenvalue weighted by Crippen LogP contribution is 2.18. The lowest BCUT2D eigenvalue weighted by molar-refractivity contribution is 1.10. The molecule has 0 saturated heterocycles. The molecule has 0 aliphatic rings. The Morgan fingerprint density at radius 2 is 2.00 bits per heavy atom. The number of rotatable bonds is 1. The molecule has 2 rings (SSSR count). The number of aromatic amines is 1. The standard InChI is InChI=1S/C9H10N4.ClH/c1-6-4-2-3-5-7(6)8-11-9(10)13-12-8;/h2-5H,1H3,(H3,10,11,12,13);1H. The Bertz CT molecular complexity index is 424. The molecular formula is C9H11ClN4. The Morgan fingerprint density at radius 3 is 2.57 bits per heavy atom. The summed E-state index contributed by atoms with van der Waals surface area (Å²) >= 11 is 0. The van der Waals surface area contributed by atoms with Crippen LogP contribution in [0.15, 0.2) is 24.3 Å². The Kier molecular flexibility index (Phi) is 3.09. The van der Waals surface area contributed by atoms with Gasteiger partial charge in [0.2, 0.25) is 5.95 Å². The number of halogens is 1. The number of benzene rings is 1. The number of nitrogens with two attached hydrogens (primary N) is 1. The molecule has 4 nitrogen and oxygen atoms in total. The van der Waals surface area contributed by atoms with Gasteiger partial charge < -0.3 is 5.73 Å². The van der Waals surface area contributed by atoms with Gasteiger partial charge in [0.1, 0.15) is 0 Å². The summed E-state index contributed by atoms with van der Waals surface area (Å²) in [4.78, 5) is 4.05. The summed E-state index contributed by atoms with van der Waals surface area (Å²) in [6.45, 7) is 2.02. The number of anilines is 1. The number of hydrogen-bond acceptors (Lipinski definition) is 3. The lowest BCUT2D eigenvalue weighted by Gasteiger charge is -1.99. The van der Waals surface area contributed by atoms with Gasteiger partial charge in [0.15, 0.2) is 5.82 Å². The Morgan fingerprint density at radius 1 is 1.29 bits per heavy atom. The maximum absolute atomic E-state index is 5.41. The lowest BCUT2D eigenvalue weighted by Crippen LogP contribution is -1.86. The van der Waals surface area contributed by atoms with Crippen LogP contribution >= 0.6 is 12.4 Å². The predicted molar refractivity (Wildman–Crippen MR) is 58.2 cm³/mol. The minimum Gasteiger partial charge on any atom is -0.366 e. The van der Waals surface area contributed by atoms with Crippen LogP contribution < -0.4 is 5.73 Å². The maximum atomic E-state index is 5.41. The van der Waals surface area contributed by atoms with Crippen LogP contribution in [0.25, 0.3) is 11.4 Å². The molecule has 0 amide bonds. The molecule has 1 heterocycles. The molecule has 14 heavy (non-hydrogen) atoms. The first-order valence-corrected chi connectivity index (χ1v) is 4.01. The summed E-state index contributed by atoms with van der Waals surface area (Å²) in [5.41, 5.74) is 7.60. The number of nitrogens with one attached hydrogen (secondary N) is 1. The normalized spacial score (nSPS) is 9.50. The molecule has 0 fully saturated rings. The van der Waals surface area contributed by atoms with Gasteiger partial charge in [-0.05, 0) is 12.5 Å². The van der Waals surface area contributed by atoms with E-state index in [0.717, 1.165) is 17.0 Å². The van der Waals surface area contributed by atoms with E-state index in [4.69, 9.17) is 5.73 Å². The summed E-state index contributed by atoms with van der Waals surface area (Å²) in [5.74, 6) is 0.994. The Labute approximate surface area is 88.0 Å². The van der Waals surface area contributed by atoms with Crippen molar-refractivity contribution in [3.63, 3.8) is 0 Å². The van der Waals surface area contributed by atoms with Gasteiger partial charge in [-0.3, -0.25) is 5.10 Å². The first kappa shape index (κ1) is 10.5. The van der Waals surface area contributed by atoms with Crippen LogP contribution in [0.3, 0.4) is 0 Å². The second kappa shape index (κ2) is 4.11. The molecule has 0 aliphatic heterocycles. The van der Waals surface area contributed by atoms with Crippen molar-refractivity contribution in [3.05, 3.63) is 29.8 Å². The van der Waals surface area contributed by atoms with E-state index in [1.807, 2.05) is 31.2 Å². The molecule has 1 aromatic carbocycles. The Balaban J connectivity index is 0.000000980. The van der Waals surface area contributed by atoms with Gasteiger partial charge in [-0.2, -0.15) is 4.98 Å². The van der Waals surface area contributed by atoms with Crippen LogP contribution in [0.1, 0.15) is 5.56 Å². The molecule has 0 radical (unpaired) electrons. The monoisotopic (exact) mass is 210 g/mol. The second-order valence-electron chi connectivity index (χ2n) is 2.86. The number of hydrogen-bond donors (Lipinski definition) is 2. The first-order valence-electron chi connectivity index (χ1n) is 4.01. The lowest BCUT2D eigenvalue weighted by atomic mass is 10.1. The fourth-order valence-electron chi connectivity index (χ4n) is 1.23. The highest BCUT2D eigenvalue weighted by molar-refractivity contribution is 5.85. The summed E-state index contributed by atoms with van der Waals surface area (Å²) in [6.07, 6.45) is 0. The zero-order valence-corrected chi connectivity index (χ0v) is 8.51. The molecule has 5 heteroatoms. The summed E-state index contributed by atoms with van der Waals surface area (Å²) in [5, 5.41) is 6.55. The number of aromatic nitrogens is 3. The van der Waals surface area contributed by atoms with E-state index in [9.17, 15) is 0 Å². The highest BCUT2D eigenvalue weighted by Gasteiger charge is 2.04. The molecule has 2 aromatic rings. The third kappa shape index (κ3) is 1.85. The first-order chi connectivity index (χ1) is 6.27. The van der Waals surface area contributed by atoms with Crippen molar-refractivity contribution < 1.29 is 0 Å². The number of nitrogen functional groups attached to an aromatic ring is 1. The fraction of sp³-hybridized carbons (Fsp3) is 0.111. The molecule has 0 bridgehead atoms. The fourth-order valence-corrected chi connectivity index (χ4v) is 1.23. The summed E-state index contributed by atoms with van der Waals surface area (Å²) < 4.78 is 0. The van der Waals surface area contributed by atoms with Gasteiger partial charge >= 0.3 is 0 Å². The van der Waals surface area contributed by atoms with E-state index in [1.165, 1.54) is 0 Å². The molecule has 3 N–H and O–H groups in total. The average molecular weight is 211 g/mol. The van der Waals surface area contributed by atoms with Crippen molar-refractivity contribution in [2.75, 3.05) is 5.73 Å². The van der Waals surface area contributed by atoms with Gasteiger partial charge in [-0.15, -0.1) is 17.5 Å². The third-order valence-corrected chi connectivity index (χ3v) is 1.90. The van der Waals surface area contributed by atoms with E-state index in [-0.39, 0.29) is 18.4 Å². The SMILES string of the molecule is Cc1ccccc1-c1nc(N)n[nH]1.Cl. The van der Waals surface area contributed by atoms with E-state index >= 15 is 0 Å². The Hall–Kier alpha value is -1.55. The van der Waals surface area contributed by atoms with E-state index in [2.05, 4.69) is 15.2 Å². The molecule has 0 spiro atoms. The van der Waals surface area contributed by atoms with Crippen molar-refractivity contribution in [3.8, 4) is 11.4 Å². The van der Waals surface area contributed by atoms with Gasteiger partial charge in [0.05, 0.1) is 0 Å². The van der Waals surface area contributed by atoms with Gasteiger partial charge in [0.25, 0.3) is 0 Å². The minimum atomic E-state index is 0. The topological polar surface area (TPSA) is 67.6 Å². The molecule has 1 aromatic heterocycles. The smallest absolute Gasteiger partial charge is 0.239 e. The quantitative estimate of drug-likeness (QED) is 0.754. The maximum Gasteiger partial charge on any atom is 0.239 e. The minimum absolute atomic E-state index is 0. The predicted octanol–water partition coefficient (Wildman–Crippen LogP) is 1.78. The number of nitrogens with zero attached hydrogens (tertiary/aromatic N) is 2. The summed E-state index contributed by atoms with van der Waals surface area (Å²) in [6, 6.07) is 7.95.